The molecule has 0 spiro atoms. The minimum atomic E-state index is -4.67. The first-order valence-corrected chi connectivity index (χ1v) is 5.96. The van der Waals surface area contributed by atoms with Gasteiger partial charge in [-0.3, -0.25) is 0 Å². The minimum absolute atomic E-state index is 0.0714. The van der Waals surface area contributed by atoms with Crippen molar-refractivity contribution in [3.8, 4) is 11.8 Å². The van der Waals surface area contributed by atoms with Gasteiger partial charge in [0.1, 0.15) is 11.8 Å². The summed E-state index contributed by atoms with van der Waals surface area (Å²) in [5, 5.41) is 17.2. The van der Waals surface area contributed by atoms with E-state index in [2.05, 4.69) is 0 Å². The Balaban J connectivity index is 3.21. The molecule has 0 aliphatic carbocycles. The van der Waals surface area contributed by atoms with Crippen molar-refractivity contribution in [2.45, 2.75) is 25.6 Å². The first-order chi connectivity index (χ1) is 9.77. The second-order valence-corrected chi connectivity index (χ2v) is 4.07. The van der Waals surface area contributed by atoms with Crippen LogP contribution in [0.25, 0.3) is 6.08 Å². The van der Waals surface area contributed by atoms with E-state index in [0.29, 0.717) is 0 Å². The average Bonchev–Trinajstić information content (AvgIpc) is 2.42. The summed E-state index contributed by atoms with van der Waals surface area (Å²) in [4.78, 5) is 10.4. The molecular formula is C14H12F3NO3. The van der Waals surface area contributed by atoms with Gasteiger partial charge in [0.15, 0.2) is 6.10 Å². The Kier molecular flexibility index (Phi) is 5.36. The van der Waals surface area contributed by atoms with Crippen molar-refractivity contribution in [2.75, 3.05) is 0 Å². The van der Waals surface area contributed by atoms with E-state index in [-0.39, 0.29) is 12.0 Å². The van der Waals surface area contributed by atoms with Gasteiger partial charge in [0, 0.05) is 6.08 Å². The standard InChI is InChI=1S/C14H12F3NO3/c1-2-10(8-18)21-12-5-3-9(4-6-13(19)20)7-11(12)14(15,16)17/h3-7,10H,2H2,1H3,(H,19,20). The summed E-state index contributed by atoms with van der Waals surface area (Å²) < 4.78 is 44.0. The van der Waals surface area contributed by atoms with Gasteiger partial charge in [-0.2, -0.15) is 18.4 Å². The van der Waals surface area contributed by atoms with Crippen LogP contribution in [-0.4, -0.2) is 17.2 Å². The molecule has 1 unspecified atom stereocenters. The van der Waals surface area contributed by atoms with Crippen LogP contribution in [-0.2, 0) is 11.0 Å². The summed E-state index contributed by atoms with van der Waals surface area (Å²) in [6.45, 7) is 1.62. The molecule has 1 atom stereocenters. The van der Waals surface area contributed by atoms with Crippen molar-refractivity contribution in [3.05, 3.63) is 35.4 Å². The monoisotopic (exact) mass is 299 g/mol. The number of rotatable bonds is 5. The molecule has 0 saturated carbocycles. The van der Waals surface area contributed by atoms with E-state index >= 15 is 0 Å². The third kappa shape index (κ3) is 4.84. The number of hydrogen-bond acceptors (Lipinski definition) is 3. The van der Waals surface area contributed by atoms with Gasteiger partial charge in [-0.15, -0.1) is 0 Å². The van der Waals surface area contributed by atoms with Gasteiger partial charge < -0.3 is 9.84 Å². The van der Waals surface area contributed by atoms with Crippen molar-refractivity contribution < 1.29 is 27.8 Å². The first-order valence-electron chi connectivity index (χ1n) is 5.96. The highest BCUT2D eigenvalue weighted by atomic mass is 19.4. The number of carboxylic acids is 1. The molecule has 0 amide bonds. The normalized spacial score (nSPS) is 12.9. The molecule has 0 aromatic heterocycles. The van der Waals surface area contributed by atoms with Gasteiger partial charge in [-0.1, -0.05) is 13.0 Å². The van der Waals surface area contributed by atoms with Crippen LogP contribution >= 0.6 is 0 Å². The molecular weight excluding hydrogens is 287 g/mol. The highest BCUT2D eigenvalue weighted by molar-refractivity contribution is 5.85. The zero-order valence-electron chi connectivity index (χ0n) is 11.0. The number of alkyl halides is 3. The quantitative estimate of drug-likeness (QED) is 0.845. The Morgan fingerprint density at radius 2 is 2.19 bits per heavy atom. The summed E-state index contributed by atoms with van der Waals surface area (Å²) in [5.74, 6) is -1.72. The number of hydrogen-bond donors (Lipinski definition) is 1. The zero-order valence-corrected chi connectivity index (χ0v) is 11.0. The lowest BCUT2D eigenvalue weighted by atomic mass is 10.1. The Morgan fingerprint density at radius 3 is 2.67 bits per heavy atom. The Hall–Kier alpha value is -2.49. The van der Waals surface area contributed by atoms with E-state index in [9.17, 15) is 18.0 Å². The highest BCUT2D eigenvalue weighted by Crippen LogP contribution is 2.37. The van der Waals surface area contributed by atoms with E-state index in [1.807, 2.05) is 0 Å². The fraction of sp³-hybridized carbons (Fsp3) is 0.286. The summed E-state index contributed by atoms with van der Waals surface area (Å²) in [5.41, 5.74) is -0.981. The van der Waals surface area contributed by atoms with Gasteiger partial charge in [0.25, 0.3) is 0 Å². The summed E-state index contributed by atoms with van der Waals surface area (Å²) >= 11 is 0. The minimum Gasteiger partial charge on any atom is -0.478 e. The molecule has 112 valence electrons. The predicted molar refractivity (Wildman–Crippen MR) is 68.4 cm³/mol. The van der Waals surface area contributed by atoms with Crippen molar-refractivity contribution in [1.82, 2.24) is 0 Å². The van der Waals surface area contributed by atoms with Gasteiger partial charge in [-0.25, -0.2) is 4.79 Å². The largest absolute Gasteiger partial charge is 0.478 e. The molecule has 0 aliphatic rings. The number of halogens is 3. The van der Waals surface area contributed by atoms with Crippen LogP contribution in [0.4, 0.5) is 13.2 Å². The maximum Gasteiger partial charge on any atom is 0.419 e. The van der Waals surface area contributed by atoms with Crippen LogP contribution in [0.1, 0.15) is 24.5 Å². The Bertz CT molecular complexity index is 588. The van der Waals surface area contributed by atoms with Crippen molar-refractivity contribution in [2.24, 2.45) is 0 Å². The van der Waals surface area contributed by atoms with Gasteiger partial charge in [-0.05, 0) is 30.2 Å². The maximum atomic E-state index is 13.0. The van der Waals surface area contributed by atoms with Gasteiger partial charge >= 0.3 is 12.1 Å². The lowest BCUT2D eigenvalue weighted by Crippen LogP contribution is -2.16. The molecule has 1 rings (SSSR count). The van der Waals surface area contributed by atoms with E-state index in [0.717, 1.165) is 24.3 Å². The molecule has 4 nitrogen and oxygen atoms in total. The Labute approximate surface area is 119 Å². The van der Waals surface area contributed by atoms with Gasteiger partial charge in [0.05, 0.1) is 5.56 Å². The first kappa shape index (κ1) is 16.6. The van der Waals surface area contributed by atoms with E-state index in [1.54, 1.807) is 13.0 Å². The molecule has 7 heteroatoms. The van der Waals surface area contributed by atoms with Crippen LogP contribution < -0.4 is 4.74 Å². The van der Waals surface area contributed by atoms with Crippen molar-refractivity contribution in [1.29, 1.82) is 5.26 Å². The second-order valence-electron chi connectivity index (χ2n) is 4.07. The van der Waals surface area contributed by atoms with Crippen molar-refractivity contribution >= 4 is 12.0 Å². The molecule has 21 heavy (non-hydrogen) atoms. The number of aliphatic carboxylic acids is 1. The molecule has 1 N–H and O–H groups in total. The summed E-state index contributed by atoms with van der Waals surface area (Å²) in [7, 11) is 0. The lowest BCUT2D eigenvalue weighted by molar-refractivity contribution is -0.139. The van der Waals surface area contributed by atoms with E-state index in [4.69, 9.17) is 15.1 Å². The van der Waals surface area contributed by atoms with Crippen LogP contribution in [0.15, 0.2) is 24.3 Å². The average molecular weight is 299 g/mol. The third-order valence-corrected chi connectivity index (χ3v) is 2.51. The topological polar surface area (TPSA) is 70.3 Å². The molecule has 1 aromatic rings. The Morgan fingerprint density at radius 1 is 1.52 bits per heavy atom. The smallest absolute Gasteiger partial charge is 0.419 e. The predicted octanol–water partition coefficient (Wildman–Crippen LogP) is 3.48. The van der Waals surface area contributed by atoms with Crippen LogP contribution in [0.2, 0.25) is 0 Å². The van der Waals surface area contributed by atoms with E-state index in [1.165, 1.54) is 6.07 Å². The fourth-order valence-corrected chi connectivity index (χ4v) is 1.50. The highest BCUT2D eigenvalue weighted by Gasteiger charge is 2.35. The maximum absolute atomic E-state index is 13.0. The number of carboxylic acid groups (broad SMARTS) is 1. The SMILES string of the molecule is CCC(C#N)Oc1ccc(C=CC(=O)O)cc1C(F)(F)F. The number of nitriles is 1. The molecule has 0 fully saturated rings. The molecule has 1 aromatic carbocycles. The summed E-state index contributed by atoms with van der Waals surface area (Å²) in [6, 6.07) is 4.89. The van der Waals surface area contributed by atoms with Crippen LogP contribution in [0, 0.1) is 11.3 Å². The molecule has 0 heterocycles. The number of nitrogens with zero attached hydrogens (tertiary/aromatic N) is 1. The fourth-order valence-electron chi connectivity index (χ4n) is 1.50. The van der Waals surface area contributed by atoms with Gasteiger partial charge in [0.2, 0.25) is 0 Å². The number of benzene rings is 1. The molecule has 0 radical (unpaired) electrons. The zero-order chi connectivity index (χ0) is 16.0. The third-order valence-electron chi connectivity index (χ3n) is 2.51. The summed E-state index contributed by atoms with van der Waals surface area (Å²) in [6.07, 6.45) is -3.63. The number of carbonyl (C=O) groups is 1. The second kappa shape index (κ2) is 6.79. The number of ether oxygens (including phenoxy) is 1. The molecule has 0 bridgehead atoms. The molecule has 0 saturated heterocycles. The van der Waals surface area contributed by atoms with Crippen molar-refractivity contribution in [3.63, 3.8) is 0 Å². The van der Waals surface area contributed by atoms with Crippen LogP contribution in [0.3, 0.4) is 0 Å². The molecule has 0 aliphatic heterocycles. The lowest BCUT2D eigenvalue weighted by Gasteiger charge is -2.16. The van der Waals surface area contributed by atoms with Crippen LogP contribution in [0.5, 0.6) is 5.75 Å². The van der Waals surface area contributed by atoms with E-state index < -0.39 is 29.6 Å².